The van der Waals surface area contributed by atoms with E-state index in [1.807, 2.05) is 18.2 Å². The van der Waals surface area contributed by atoms with Gasteiger partial charge in [0, 0.05) is 12.0 Å². The molecule has 0 saturated carbocycles. The maximum atomic E-state index is 12.7. The summed E-state index contributed by atoms with van der Waals surface area (Å²) >= 11 is 4.10. The molecule has 0 aromatic heterocycles. The van der Waals surface area contributed by atoms with E-state index in [1.54, 1.807) is 36.4 Å². The summed E-state index contributed by atoms with van der Waals surface area (Å²) in [5.41, 5.74) is 1.62. The van der Waals surface area contributed by atoms with Crippen LogP contribution in [0.3, 0.4) is 0 Å². The number of ether oxygens (including phenoxy) is 1. The average Bonchev–Trinajstić information content (AvgIpc) is 2.77. The third kappa shape index (κ3) is 7.78. The molecule has 0 bridgehead atoms. The fourth-order valence-electron chi connectivity index (χ4n) is 2.83. The highest BCUT2D eigenvalue weighted by molar-refractivity contribution is 7.80. The number of benzene rings is 2. The van der Waals surface area contributed by atoms with Gasteiger partial charge >= 0.3 is 12.1 Å². The SMILES string of the molecule is O=Cc1ccccc1C[C@H](NC(=O)[C@H](CCS)NC(=O)OCc1ccccc1)C(=O)O. The Morgan fingerprint density at radius 2 is 1.68 bits per heavy atom. The van der Waals surface area contributed by atoms with Crippen molar-refractivity contribution < 1.29 is 29.0 Å². The Labute approximate surface area is 185 Å². The third-order valence-corrected chi connectivity index (χ3v) is 4.72. The molecule has 2 amide bonds. The zero-order valence-corrected chi connectivity index (χ0v) is 17.6. The minimum Gasteiger partial charge on any atom is -0.480 e. The summed E-state index contributed by atoms with van der Waals surface area (Å²) in [6.45, 7) is 0.0299. The molecule has 2 aromatic rings. The monoisotopic (exact) mass is 444 g/mol. The summed E-state index contributed by atoms with van der Waals surface area (Å²) in [5.74, 6) is -1.66. The molecule has 0 radical (unpaired) electrons. The van der Waals surface area contributed by atoms with Crippen molar-refractivity contribution in [2.75, 3.05) is 5.75 Å². The van der Waals surface area contributed by atoms with Crippen molar-refractivity contribution in [2.45, 2.75) is 31.5 Å². The van der Waals surface area contributed by atoms with E-state index in [1.165, 1.54) is 0 Å². The normalized spacial score (nSPS) is 12.3. The number of aliphatic carboxylic acids is 1. The second-order valence-electron chi connectivity index (χ2n) is 6.69. The van der Waals surface area contributed by atoms with Gasteiger partial charge in [-0.3, -0.25) is 9.59 Å². The number of nitrogens with one attached hydrogen (secondary N) is 2. The number of hydrogen-bond acceptors (Lipinski definition) is 6. The maximum absolute atomic E-state index is 12.7. The fraction of sp³-hybridized carbons (Fsp3) is 0.273. The first-order valence-electron chi connectivity index (χ1n) is 9.59. The molecule has 31 heavy (non-hydrogen) atoms. The van der Waals surface area contributed by atoms with Gasteiger partial charge in [0.1, 0.15) is 25.0 Å². The predicted molar refractivity (Wildman–Crippen MR) is 117 cm³/mol. The Kier molecular flexibility index (Phi) is 9.57. The Morgan fingerprint density at radius 3 is 2.32 bits per heavy atom. The van der Waals surface area contributed by atoms with E-state index in [2.05, 4.69) is 23.3 Å². The lowest BCUT2D eigenvalue weighted by Gasteiger charge is -2.21. The summed E-state index contributed by atoms with van der Waals surface area (Å²) in [4.78, 5) is 47.6. The van der Waals surface area contributed by atoms with E-state index >= 15 is 0 Å². The predicted octanol–water partition coefficient (Wildman–Crippen LogP) is 2.23. The second kappa shape index (κ2) is 12.4. The Balaban J connectivity index is 2.00. The van der Waals surface area contributed by atoms with Gasteiger partial charge in [-0.15, -0.1) is 0 Å². The van der Waals surface area contributed by atoms with E-state index in [4.69, 9.17) is 4.74 Å². The lowest BCUT2D eigenvalue weighted by Crippen LogP contribution is -2.52. The number of carboxylic acid groups (broad SMARTS) is 1. The smallest absolute Gasteiger partial charge is 0.408 e. The number of aldehydes is 1. The lowest BCUT2D eigenvalue weighted by atomic mass is 10.0. The van der Waals surface area contributed by atoms with Crippen molar-refractivity contribution in [1.29, 1.82) is 0 Å². The first-order valence-corrected chi connectivity index (χ1v) is 10.2. The number of rotatable bonds is 11. The van der Waals surface area contributed by atoms with Crippen LogP contribution in [-0.2, 0) is 27.4 Å². The van der Waals surface area contributed by atoms with E-state index in [0.717, 1.165) is 5.56 Å². The molecule has 2 aromatic carbocycles. The van der Waals surface area contributed by atoms with Gasteiger partial charge in [0.15, 0.2) is 0 Å². The van der Waals surface area contributed by atoms with Crippen LogP contribution in [0.15, 0.2) is 54.6 Å². The molecule has 0 aliphatic heterocycles. The van der Waals surface area contributed by atoms with Crippen molar-refractivity contribution in [3.8, 4) is 0 Å². The van der Waals surface area contributed by atoms with Crippen LogP contribution in [0.25, 0.3) is 0 Å². The molecule has 2 rings (SSSR count). The zero-order chi connectivity index (χ0) is 22.6. The fourth-order valence-corrected chi connectivity index (χ4v) is 3.09. The summed E-state index contributed by atoms with van der Waals surface area (Å²) in [5, 5.41) is 14.4. The number of thiol groups is 1. The molecule has 3 N–H and O–H groups in total. The molecular formula is C22H24N2O6S. The Hall–Kier alpha value is -3.33. The highest BCUT2D eigenvalue weighted by Gasteiger charge is 2.27. The zero-order valence-electron chi connectivity index (χ0n) is 16.7. The molecule has 0 aliphatic carbocycles. The summed E-state index contributed by atoms with van der Waals surface area (Å²) in [7, 11) is 0. The first-order chi connectivity index (χ1) is 14.9. The van der Waals surface area contributed by atoms with E-state index in [0.29, 0.717) is 17.4 Å². The van der Waals surface area contributed by atoms with Gasteiger partial charge in [0.2, 0.25) is 5.91 Å². The van der Waals surface area contributed by atoms with Crippen LogP contribution in [0, 0.1) is 0 Å². The van der Waals surface area contributed by atoms with Crippen LogP contribution in [0.4, 0.5) is 4.79 Å². The second-order valence-corrected chi connectivity index (χ2v) is 7.14. The van der Waals surface area contributed by atoms with Crippen molar-refractivity contribution in [2.24, 2.45) is 0 Å². The van der Waals surface area contributed by atoms with Crippen molar-refractivity contribution in [1.82, 2.24) is 10.6 Å². The van der Waals surface area contributed by atoms with Crippen LogP contribution >= 0.6 is 12.6 Å². The molecule has 2 atom stereocenters. The van der Waals surface area contributed by atoms with E-state index < -0.39 is 30.1 Å². The van der Waals surface area contributed by atoms with Gasteiger partial charge < -0.3 is 20.5 Å². The number of amides is 2. The summed E-state index contributed by atoms with van der Waals surface area (Å²) < 4.78 is 5.12. The largest absolute Gasteiger partial charge is 0.480 e. The van der Waals surface area contributed by atoms with Gasteiger partial charge in [0.05, 0.1) is 0 Å². The van der Waals surface area contributed by atoms with Gasteiger partial charge in [-0.05, 0) is 23.3 Å². The van der Waals surface area contributed by atoms with Crippen molar-refractivity contribution >= 4 is 36.9 Å². The topological polar surface area (TPSA) is 122 Å². The van der Waals surface area contributed by atoms with Gasteiger partial charge in [0.25, 0.3) is 0 Å². The molecule has 0 unspecified atom stereocenters. The minimum absolute atomic E-state index is 0.0299. The molecule has 0 spiro atoms. The van der Waals surface area contributed by atoms with Crippen LogP contribution in [0.5, 0.6) is 0 Å². The molecule has 0 aliphatic rings. The van der Waals surface area contributed by atoms with Crippen LogP contribution in [-0.4, -0.2) is 47.2 Å². The van der Waals surface area contributed by atoms with Gasteiger partial charge in [-0.25, -0.2) is 9.59 Å². The van der Waals surface area contributed by atoms with Crippen LogP contribution < -0.4 is 10.6 Å². The Morgan fingerprint density at radius 1 is 1.00 bits per heavy atom. The standard InChI is InChI=1S/C22H24N2O6S/c25-13-17-9-5-4-8-16(17)12-19(21(27)28)23-20(26)18(10-11-31)24-22(29)30-14-15-6-2-1-3-7-15/h1-9,13,18-19,31H,10-12,14H2,(H,23,26)(H,24,29)(H,27,28)/t18-,19-/m0/s1. The quantitative estimate of drug-likeness (QED) is 0.311. The van der Waals surface area contributed by atoms with Gasteiger partial charge in [-0.2, -0.15) is 12.6 Å². The van der Waals surface area contributed by atoms with Crippen LogP contribution in [0.2, 0.25) is 0 Å². The summed E-state index contributed by atoms with van der Waals surface area (Å²) in [6, 6.07) is 13.3. The highest BCUT2D eigenvalue weighted by atomic mass is 32.1. The number of carbonyl (C=O) groups excluding carboxylic acids is 3. The minimum atomic E-state index is -1.28. The van der Waals surface area contributed by atoms with E-state index in [9.17, 15) is 24.3 Å². The number of carbonyl (C=O) groups is 4. The van der Waals surface area contributed by atoms with Crippen molar-refractivity contribution in [3.05, 3.63) is 71.3 Å². The number of alkyl carbamates (subject to hydrolysis) is 1. The Bertz CT molecular complexity index is 906. The molecule has 8 nitrogen and oxygen atoms in total. The molecule has 9 heteroatoms. The van der Waals surface area contributed by atoms with Gasteiger partial charge in [-0.1, -0.05) is 54.6 Å². The highest BCUT2D eigenvalue weighted by Crippen LogP contribution is 2.10. The third-order valence-electron chi connectivity index (χ3n) is 4.46. The van der Waals surface area contributed by atoms with Crippen molar-refractivity contribution in [3.63, 3.8) is 0 Å². The van der Waals surface area contributed by atoms with E-state index in [-0.39, 0.29) is 25.2 Å². The van der Waals surface area contributed by atoms with Crippen LogP contribution in [0.1, 0.15) is 27.9 Å². The molecular weight excluding hydrogens is 420 g/mol. The molecule has 0 heterocycles. The lowest BCUT2D eigenvalue weighted by molar-refractivity contribution is -0.142. The number of hydrogen-bond donors (Lipinski definition) is 4. The molecule has 164 valence electrons. The summed E-state index contributed by atoms with van der Waals surface area (Å²) in [6.07, 6.45) is -0.0809. The molecule has 0 fully saturated rings. The first kappa shape index (κ1) is 23.9. The molecule has 0 saturated heterocycles. The maximum Gasteiger partial charge on any atom is 0.408 e. The average molecular weight is 445 g/mol. The number of carboxylic acids is 1.